The third-order valence-corrected chi connectivity index (χ3v) is 4.21. The van der Waals surface area contributed by atoms with E-state index in [1.54, 1.807) is 13.2 Å². The summed E-state index contributed by atoms with van der Waals surface area (Å²) in [4.78, 5) is 12.0. The third-order valence-electron chi connectivity index (χ3n) is 4.00. The predicted molar refractivity (Wildman–Crippen MR) is 118 cm³/mol. The first-order valence-corrected chi connectivity index (χ1v) is 9.33. The Hall–Kier alpha value is -3.58. The van der Waals surface area contributed by atoms with Gasteiger partial charge in [-0.3, -0.25) is 15.6 Å². The molecular weight excluding hydrogens is 386 g/mol. The maximum atomic E-state index is 12.0. The summed E-state index contributed by atoms with van der Waals surface area (Å²) in [6.45, 7) is -0.144. The highest BCUT2D eigenvalue weighted by Crippen LogP contribution is 2.23. The Bertz CT molecular complexity index is 963. The molecule has 0 fully saturated rings. The standard InChI is InChI=1S/C22H21N3O3S/c1-27-20-10-6-5-9-19(20)23-22(29)25-24-21(26)15-28-18-13-11-17(12-14-18)16-7-3-2-4-8-16/h2-14H,15H2,1H3,(H,24,26)(H2,23,25,29). The minimum Gasteiger partial charge on any atom is -0.495 e. The maximum absolute atomic E-state index is 12.0. The van der Waals surface area contributed by atoms with E-state index < -0.39 is 0 Å². The van der Waals surface area contributed by atoms with Crippen molar-refractivity contribution >= 4 is 28.9 Å². The largest absolute Gasteiger partial charge is 0.495 e. The van der Waals surface area contributed by atoms with E-state index in [2.05, 4.69) is 16.2 Å². The lowest BCUT2D eigenvalue weighted by Gasteiger charge is -2.14. The van der Waals surface area contributed by atoms with Gasteiger partial charge in [0.05, 0.1) is 12.8 Å². The molecule has 3 aromatic carbocycles. The van der Waals surface area contributed by atoms with E-state index in [1.807, 2.05) is 72.8 Å². The Morgan fingerprint density at radius 2 is 1.52 bits per heavy atom. The molecule has 3 rings (SSSR count). The number of ether oxygens (including phenoxy) is 2. The second kappa shape index (κ2) is 10.1. The second-order valence-electron chi connectivity index (χ2n) is 6.01. The number of amides is 1. The number of para-hydroxylation sites is 2. The lowest BCUT2D eigenvalue weighted by molar-refractivity contribution is -0.123. The van der Waals surface area contributed by atoms with Crippen molar-refractivity contribution in [2.75, 3.05) is 19.0 Å². The first kappa shape index (κ1) is 20.2. The van der Waals surface area contributed by atoms with E-state index in [4.69, 9.17) is 21.7 Å². The Morgan fingerprint density at radius 1 is 0.862 bits per heavy atom. The maximum Gasteiger partial charge on any atom is 0.276 e. The molecule has 29 heavy (non-hydrogen) atoms. The van der Waals surface area contributed by atoms with Gasteiger partial charge >= 0.3 is 0 Å². The van der Waals surface area contributed by atoms with E-state index in [-0.39, 0.29) is 17.6 Å². The fourth-order valence-electron chi connectivity index (χ4n) is 2.59. The van der Waals surface area contributed by atoms with Gasteiger partial charge in [-0.2, -0.15) is 0 Å². The summed E-state index contributed by atoms with van der Waals surface area (Å²) in [5.41, 5.74) is 8.02. The Kier molecular flexibility index (Phi) is 7.02. The zero-order chi connectivity index (χ0) is 20.5. The van der Waals surface area contributed by atoms with Crippen LogP contribution in [0.1, 0.15) is 0 Å². The molecule has 0 aliphatic heterocycles. The molecule has 0 heterocycles. The Balaban J connectivity index is 1.43. The van der Waals surface area contributed by atoms with Crippen molar-refractivity contribution in [3.8, 4) is 22.6 Å². The molecule has 0 aromatic heterocycles. The van der Waals surface area contributed by atoms with Gasteiger partial charge in [-0.05, 0) is 47.6 Å². The number of nitrogens with one attached hydrogen (secondary N) is 3. The zero-order valence-electron chi connectivity index (χ0n) is 15.8. The summed E-state index contributed by atoms with van der Waals surface area (Å²) < 4.78 is 10.7. The molecular formula is C22H21N3O3S. The average molecular weight is 407 g/mol. The van der Waals surface area contributed by atoms with Gasteiger partial charge < -0.3 is 14.8 Å². The van der Waals surface area contributed by atoms with Crippen LogP contribution in [-0.2, 0) is 4.79 Å². The van der Waals surface area contributed by atoms with Gasteiger partial charge in [0.1, 0.15) is 11.5 Å². The molecule has 0 atom stereocenters. The lowest BCUT2D eigenvalue weighted by Crippen LogP contribution is -2.45. The van der Waals surface area contributed by atoms with Gasteiger partial charge in [0.25, 0.3) is 5.91 Å². The van der Waals surface area contributed by atoms with Crippen LogP contribution in [-0.4, -0.2) is 24.7 Å². The number of methoxy groups -OCH3 is 1. The first-order valence-electron chi connectivity index (χ1n) is 8.93. The van der Waals surface area contributed by atoms with Crippen LogP contribution >= 0.6 is 12.2 Å². The van der Waals surface area contributed by atoms with Crippen molar-refractivity contribution in [2.45, 2.75) is 0 Å². The van der Waals surface area contributed by atoms with Crippen molar-refractivity contribution in [1.29, 1.82) is 0 Å². The monoisotopic (exact) mass is 407 g/mol. The molecule has 0 unspecified atom stereocenters. The van der Waals surface area contributed by atoms with Gasteiger partial charge in [-0.15, -0.1) is 0 Å². The molecule has 7 heteroatoms. The van der Waals surface area contributed by atoms with Crippen LogP contribution in [0.15, 0.2) is 78.9 Å². The van der Waals surface area contributed by atoms with E-state index in [9.17, 15) is 4.79 Å². The summed E-state index contributed by atoms with van der Waals surface area (Å²) in [5, 5.41) is 3.18. The summed E-state index contributed by atoms with van der Waals surface area (Å²) in [6, 6.07) is 24.9. The lowest BCUT2D eigenvalue weighted by atomic mass is 10.1. The number of thiocarbonyl (C=S) groups is 1. The highest BCUT2D eigenvalue weighted by atomic mass is 32.1. The summed E-state index contributed by atoms with van der Waals surface area (Å²) >= 11 is 5.17. The molecule has 3 aromatic rings. The smallest absolute Gasteiger partial charge is 0.276 e. The quantitative estimate of drug-likeness (QED) is 0.427. The molecule has 3 N–H and O–H groups in total. The predicted octanol–water partition coefficient (Wildman–Crippen LogP) is 3.76. The number of carbonyl (C=O) groups is 1. The van der Waals surface area contributed by atoms with Crippen LogP contribution in [0.3, 0.4) is 0 Å². The number of hydrazine groups is 1. The van der Waals surface area contributed by atoms with E-state index in [1.165, 1.54) is 0 Å². The minimum absolute atomic E-state index is 0.144. The Morgan fingerprint density at radius 3 is 2.24 bits per heavy atom. The number of carbonyl (C=O) groups excluding carboxylic acids is 1. The molecule has 1 amide bonds. The van der Waals surface area contributed by atoms with Crippen LogP contribution in [0.5, 0.6) is 11.5 Å². The summed E-state index contributed by atoms with van der Waals surface area (Å²) in [7, 11) is 1.57. The highest BCUT2D eigenvalue weighted by Gasteiger charge is 2.06. The third kappa shape index (κ3) is 5.95. The SMILES string of the molecule is COc1ccccc1NC(=S)NNC(=O)COc1ccc(-c2ccccc2)cc1. The van der Waals surface area contributed by atoms with Crippen LogP contribution < -0.4 is 25.6 Å². The topological polar surface area (TPSA) is 71.6 Å². The number of rotatable bonds is 6. The number of hydrogen-bond acceptors (Lipinski definition) is 4. The van der Waals surface area contributed by atoms with Crippen molar-refractivity contribution < 1.29 is 14.3 Å². The zero-order valence-corrected chi connectivity index (χ0v) is 16.7. The number of benzene rings is 3. The first-order chi connectivity index (χ1) is 14.2. The molecule has 0 aliphatic rings. The highest BCUT2D eigenvalue weighted by molar-refractivity contribution is 7.80. The number of hydrogen-bond donors (Lipinski definition) is 3. The molecule has 0 saturated carbocycles. The van der Waals surface area contributed by atoms with Crippen molar-refractivity contribution in [3.63, 3.8) is 0 Å². The molecule has 148 valence electrons. The molecule has 0 saturated heterocycles. The Labute approximate surface area is 174 Å². The van der Waals surface area contributed by atoms with E-state index in [0.29, 0.717) is 17.2 Å². The van der Waals surface area contributed by atoms with Gasteiger partial charge in [0.2, 0.25) is 0 Å². The van der Waals surface area contributed by atoms with Crippen LogP contribution in [0.25, 0.3) is 11.1 Å². The molecule has 0 radical (unpaired) electrons. The van der Waals surface area contributed by atoms with Crippen LogP contribution in [0.2, 0.25) is 0 Å². The molecule has 0 spiro atoms. The van der Waals surface area contributed by atoms with Crippen molar-refractivity contribution in [2.24, 2.45) is 0 Å². The van der Waals surface area contributed by atoms with Gasteiger partial charge in [-0.25, -0.2) is 0 Å². The fourth-order valence-corrected chi connectivity index (χ4v) is 2.75. The van der Waals surface area contributed by atoms with Crippen LogP contribution in [0, 0.1) is 0 Å². The summed E-state index contributed by atoms with van der Waals surface area (Å²) in [5.74, 6) is 0.890. The molecule has 0 bridgehead atoms. The molecule has 0 aliphatic carbocycles. The summed E-state index contributed by atoms with van der Waals surface area (Å²) in [6.07, 6.45) is 0. The minimum atomic E-state index is -0.360. The van der Waals surface area contributed by atoms with Crippen molar-refractivity contribution in [3.05, 3.63) is 78.9 Å². The van der Waals surface area contributed by atoms with Crippen molar-refractivity contribution in [1.82, 2.24) is 10.9 Å². The van der Waals surface area contributed by atoms with E-state index in [0.717, 1.165) is 11.1 Å². The van der Waals surface area contributed by atoms with E-state index >= 15 is 0 Å². The average Bonchev–Trinajstić information content (AvgIpc) is 2.77. The van der Waals surface area contributed by atoms with Gasteiger partial charge in [0.15, 0.2) is 11.7 Å². The van der Waals surface area contributed by atoms with Crippen LogP contribution in [0.4, 0.5) is 5.69 Å². The second-order valence-corrected chi connectivity index (χ2v) is 6.41. The van der Waals surface area contributed by atoms with Gasteiger partial charge in [-0.1, -0.05) is 54.6 Å². The fraction of sp³-hybridized carbons (Fsp3) is 0.0909. The number of anilines is 1. The molecule has 6 nitrogen and oxygen atoms in total. The normalized spacial score (nSPS) is 9.97. The van der Waals surface area contributed by atoms with Gasteiger partial charge in [0, 0.05) is 0 Å².